The average molecular weight is 303 g/mol. The number of benzene rings is 1. The van der Waals surface area contributed by atoms with E-state index in [4.69, 9.17) is 0 Å². The number of hydrogen-bond acceptors (Lipinski definition) is 5. The molecule has 0 radical (unpaired) electrons. The Labute approximate surface area is 125 Å². The van der Waals surface area contributed by atoms with E-state index < -0.39 is 4.92 Å². The zero-order valence-electron chi connectivity index (χ0n) is 11.3. The summed E-state index contributed by atoms with van der Waals surface area (Å²) in [6.07, 6.45) is 0.926. The molecule has 2 unspecified atom stereocenters. The smallest absolute Gasteiger partial charge is 0.270 e. The molecule has 1 fully saturated rings. The Kier molecular flexibility index (Phi) is 3.42. The number of nitrogens with one attached hydrogen (secondary N) is 1. The standard InChI is InChI=1S/C14H13N3O3S/c1-8-5-11(8)13(18)16-14-15-12(7-21-14)9-3-2-4-10(6-9)17(19)20/h2-4,6-8,11H,5H2,1H3,(H,15,16,18). The normalized spacial score (nSPS) is 20.0. The lowest BCUT2D eigenvalue weighted by molar-refractivity contribution is -0.384. The van der Waals surface area contributed by atoms with E-state index in [0.29, 0.717) is 22.3 Å². The Morgan fingerprint density at radius 3 is 2.95 bits per heavy atom. The van der Waals surface area contributed by atoms with Crippen molar-refractivity contribution in [2.24, 2.45) is 11.8 Å². The molecule has 1 amide bonds. The lowest BCUT2D eigenvalue weighted by atomic mass is 10.1. The summed E-state index contributed by atoms with van der Waals surface area (Å²) in [6.45, 7) is 2.04. The lowest BCUT2D eigenvalue weighted by Gasteiger charge is -1.99. The molecular formula is C14H13N3O3S. The number of hydrogen-bond donors (Lipinski definition) is 1. The van der Waals surface area contributed by atoms with Gasteiger partial charge in [-0.15, -0.1) is 11.3 Å². The predicted molar refractivity (Wildman–Crippen MR) is 80.1 cm³/mol. The third-order valence-electron chi connectivity index (χ3n) is 3.53. The Balaban J connectivity index is 1.76. The van der Waals surface area contributed by atoms with Crippen LogP contribution in [0.25, 0.3) is 11.3 Å². The molecule has 1 saturated carbocycles. The van der Waals surface area contributed by atoms with Gasteiger partial charge < -0.3 is 5.32 Å². The van der Waals surface area contributed by atoms with E-state index in [1.807, 2.05) is 6.92 Å². The van der Waals surface area contributed by atoms with Crippen molar-refractivity contribution in [3.8, 4) is 11.3 Å². The second-order valence-corrected chi connectivity index (χ2v) is 6.01. The van der Waals surface area contributed by atoms with E-state index in [1.54, 1.807) is 17.5 Å². The van der Waals surface area contributed by atoms with Gasteiger partial charge in [0.25, 0.3) is 5.69 Å². The van der Waals surface area contributed by atoms with Crippen molar-refractivity contribution in [3.05, 3.63) is 39.8 Å². The van der Waals surface area contributed by atoms with Crippen LogP contribution in [0.15, 0.2) is 29.6 Å². The summed E-state index contributed by atoms with van der Waals surface area (Å²) in [4.78, 5) is 26.5. The SMILES string of the molecule is CC1CC1C(=O)Nc1nc(-c2cccc([N+](=O)[O-])c2)cs1. The first kappa shape index (κ1) is 13.7. The molecule has 1 heterocycles. The zero-order valence-corrected chi connectivity index (χ0v) is 12.1. The number of nitro benzene ring substituents is 1. The van der Waals surface area contributed by atoms with Crippen molar-refractivity contribution in [1.82, 2.24) is 4.98 Å². The van der Waals surface area contributed by atoms with Crippen LogP contribution in [-0.4, -0.2) is 15.8 Å². The Hall–Kier alpha value is -2.28. The summed E-state index contributed by atoms with van der Waals surface area (Å²) >= 11 is 1.32. The van der Waals surface area contributed by atoms with Crippen molar-refractivity contribution >= 4 is 28.1 Å². The Bertz CT molecular complexity index is 713. The number of nitro groups is 1. The van der Waals surface area contributed by atoms with E-state index in [-0.39, 0.29) is 17.5 Å². The average Bonchev–Trinajstić information content (AvgIpc) is 3.02. The van der Waals surface area contributed by atoms with Gasteiger partial charge in [-0.3, -0.25) is 14.9 Å². The fourth-order valence-electron chi connectivity index (χ4n) is 2.13. The van der Waals surface area contributed by atoms with Crippen molar-refractivity contribution in [2.75, 3.05) is 5.32 Å². The molecule has 3 rings (SSSR count). The van der Waals surface area contributed by atoms with Crippen molar-refractivity contribution in [3.63, 3.8) is 0 Å². The monoisotopic (exact) mass is 303 g/mol. The van der Waals surface area contributed by atoms with Gasteiger partial charge in [0.1, 0.15) is 0 Å². The van der Waals surface area contributed by atoms with Gasteiger partial charge in [-0.25, -0.2) is 4.98 Å². The van der Waals surface area contributed by atoms with Gasteiger partial charge in [-0.1, -0.05) is 19.1 Å². The van der Waals surface area contributed by atoms with E-state index >= 15 is 0 Å². The Morgan fingerprint density at radius 2 is 2.29 bits per heavy atom. The minimum Gasteiger partial charge on any atom is -0.302 e. The van der Waals surface area contributed by atoms with Crippen molar-refractivity contribution in [1.29, 1.82) is 0 Å². The van der Waals surface area contributed by atoms with Gasteiger partial charge >= 0.3 is 0 Å². The maximum atomic E-state index is 11.8. The van der Waals surface area contributed by atoms with E-state index in [1.165, 1.54) is 23.5 Å². The predicted octanol–water partition coefficient (Wildman–Crippen LogP) is 3.31. The van der Waals surface area contributed by atoms with Gasteiger partial charge in [-0.05, 0) is 12.3 Å². The first-order chi connectivity index (χ1) is 10.0. The number of rotatable bonds is 4. The molecule has 21 heavy (non-hydrogen) atoms. The van der Waals surface area contributed by atoms with Gasteiger partial charge in [0.15, 0.2) is 5.13 Å². The number of amides is 1. The third-order valence-corrected chi connectivity index (χ3v) is 4.29. The van der Waals surface area contributed by atoms with Gasteiger partial charge in [0.05, 0.1) is 10.6 Å². The largest absolute Gasteiger partial charge is 0.302 e. The highest BCUT2D eigenvalue weighted by atomic mass is 32.1. The van der Waals surface area contributed by atoms with Crippen molar-refractivity contribution < 1.29 is 9.72 Å². The first-order valence-electron chi connectivity index (χ1n) is 6.56. The number of aromatic nitrogens is 1. The van der Waals surface area contributed by atoms with E-state index in [9.17, 15) is 14.9 Å². The number of thiazole rings is 1. The summed E-state index contributed by atoms with van der Waals surface area (Å²) in [5, 5.41) is 15.9. The van der Waals surface area contributed by atoms with Crippen molar-refractivity contribution in [2.45, 2.75) is 13.3 Å². The number of non-ortho nitro benzene ring substituents is 1. The molecule has 2 aromatic rings. The molecular weight excluding hydrogens is 290 g/mol. The fraction of sp³-hybridized carbons (Fsp3) is 0.286. The summed E-state index contributed by atoms with van der Waals surface area (Å²) in [6, 6.07) is 6.30. The Morgan fingerprint density at radius 1 is 1.52 bits per heavy atom. The summed E-state index contributed by atoms with van der Waals surface area (Å²) < 4.78 is 0. The quantitative estimate of drug-likeness (QED) is 0.693. The van der Waals surface area contributed by atoms with Crippen LogP contribution in [0.5, 0.6) is 0 Å². The summed E-state index contributed by atoms with van der Waals surface area (Å²) in [5.41, 5.74) is 1.32. The van der Waals surface area contributed by atoms with E-state index in [0.717, 1.165) is 6.42 Å². The molecule has 2 atom stereocenters. The summed E-state index contributed by atoms with van der Waals surface area (Å²) in [5.74, 6) is 0.541. The molecule has 1 aromatic carbocycles. The summed E-state index contributed by atoms with van der Waals surface area (Å²) in [7, 11) is 0. The molecule has 7 heteroatoms. The van der Waals surface area contributed by atoms with Gasteiger partial charge in [0.2, 0.25) is 5.91 Å². The first-order valence-corrected chi connectivity index (χ1v) is 7.44. The molecule has 0 spiro atoms. The molecule has 0 aliphatic heterocycles. The molecule has 6 nitrogen and oxygen atoms in total. The highest BCUT2D eigenvalue weighted by Crippen LogP contribution is 2.38. The third kappa shape index (κ3) is 2.92. The molecule has 1 aliphatic rings. The minimum absolute atomic E-state index is 0.00226. The van der Waals surface area contributed by atoms with Crippen LogP contribution in [-0.2, 0) is 4.79 Å². The molecule has 0 saturated heterocycles. The van der Waals surface area contributed by atoms with Crippen LogP contribution in [0.1, 0.15) is 13.3 Å². The number of carbonyl (C=O) groups is 1. The number of carbonyl (C=O) groups excluding carboxylic acids is 1. The highest BCUT2D eigenvalue weighted by molar-refractivity contribution is 7.14. The zero-order chi connectivity index (χ0) is 15.0. The van der Waals surface area contributed by atoms with Crippen LogP contribution in [0.3, 0.4) is 0 Å². The van der Waals surface area contributed by atoms with Crippen LogP contribution in [0.2, 0.25) is 0 Å². The number of nitrogens with zero attached hydrogens (tertiary/aromatic N) is 2. The number of anilines is 1. The minimum atomic E-state index is -0.437. The maximum Gasteiger partial charge on any atom is 0.270 e. The topological polar surface area (TPSA) is 85.1 Å². The highest BCUT2D eigenvalue weighted by Gasteiger charge is 2.39. The second-order valence-electron chi connectivity index (χ2n) is 5.15. The molecule has 1 aromatic heterocycles. The van der Waals surface area contributed by atoms with Crippen LogP contribution < -0.4 is 5.32 Å². The van der Waals surface area contributed by atoms with Gasteiger partial charge in [0, 0.05) is 29.0 Å². The molecule has 0 bridgehead atoms. The molecule has 1 N–H and O–H groups in total. The van der Waals surface area contributed by atoms with Crippen LogP contribution in [0, 0.1) is 22.0 Å². The fourth-order valence-corrected chi connectivity index (χ4v) is 2.85. The van der Waals surface area contributed by atoms with E-state index in [2.05, 4.69) is 10.3 Å². The lowest BCUT2D eigenvalue weighted by Crippen LogP contribution is -2.14. The van der Waals surface area contributed by atoms with Gasteiger partial charge in [-0.2, -0.15) is 0 Å². The molecule has 1 aliphatic carbocycles. The molecule has 108 valence electrons. The van der Waals surface area contributed by atoms with Crippen LogP contribution in [0.4, 0.5) is 10.8 Å². The van der Waals surface area contributed by atoms with Crippen LogP contribution >= 0.6 is 11.3 Å². The maximum absolute atomic E-state index is 11.8. The second kappa shape index (κ2) is 5.25.